The Balaban J connectivity index is 3.29. The van der Waals surface area contributed by atoms with Gasteiger partial charge in [0.25, 0.3) is 0 Å². The van der Waals surface area contributed by atoms with Crippen LogP contribution in [-0.2, 0) is 0 Å². The van der Waals surface area contributed by atoms with Crippen molar-refractivity contribution in [1.29, 1.82) is 0 Å². The molecule has 0 aromatic carbocycles. The zero-order valence-electron chi connectivity index (χ0n) is 5.14. The molecule has 3 N–H and O–H groups in total. The molecular formula is C4H11N3S. The van der Waals surface area contributed by atoms with Crippen LogP contribution >= 0.6 is 11.9 Å². The molecule has 0 heterocycles. The van der Waals surface area contributed by atoms with E-state index < -0.39 is 0 Å². The minimum Gasteiger partial charge on any atom is -0.369 e. The SMILES string of the molecule is CCN=C(N)NSC. The van der Waals surface area contributed by atoms with E-state index in [2.05, 4.69) is 9.71 Å². The molecule has 0 saturated heterocycles. The topological polar surface area (TPSA) is 50.4 Å². The second-order valence-electron chi connectivity index (χ2n) is 1.17. The second-order valence-corrected chi connectivity index (χ2v) is 1.78. The van der Waals surface area contributed by atoms with E-state index in [9.17, 15) is 0 Å². The maximum absolute atomic E-state index is 5.31. The molecule has 0 saturated carbocycles. The molecule has 3 nitrogen and oxygen atoms in total. The molecule has 0 radical (unpaired) electrons. The molecule has 0 fully saturated rings. The minimum absolute atomic E-state index is 0.500. The Kier molecular flexibility index (Phi) is 4.54. The Hall–Kier alpha value is -0.380. The molecule has 0 rings (SSSR count). The van der Waals surface area contributed by atoms with Gasteiger partial charge in [0, 0.05) is 12.8 Å². The molecule has 0 atom stereocenters. The highest BCUT2D eigenvalue weighted by Gasteiger charge is 1.81. The van der Waals surface area contributed by atoms with Gasteiger partial charge >= 0.3 is 0 Å². The number of guanidine groups is 1. The van der Waals surface area contributed by atoms with Crippen molar-refractivity contribution in [3.63, 3.8) is 0 Å². The van der Waals surface area contributed by atoms with E-state index in [1.165, 1.54) is 11.9 Å². The van der Waals surface area contributed by atoms with E-state index in [-0.39, 0.29) is 0 Å². The van der Waals surface area contributed by atoms with E-state index in [4.69, 9.17) is 5.73 Å². The third-order valence-electron chi connectivity index (χ3n) is 0.535. The van der Waals surface area contributed by atoms with E-state index in [0.717, 1.165) is 6.54 Å². The molecule has 0 aliphatic carbocycles. The summed E-state index contributed by atoms with van der Waals surface area (Å²) >= 11 is 1.44. The van der Waals surface area contributed by atoms with Crippen LogP contribution in [0.3, 0.4) is 0 Å². The van der Waals surface area contributed by atoms with Crippen LogP contribution in [0.4, 0.5) is 0 Å². The molecule has 8 heavy (non-hydrogen) atoms. The predicted octanol–water partition coefficient (Wildman–Crippen LogP) is 0.189. The van der Waals surface area contributed by atoms with E-state index >= 15 is 0 Å². The molecule has 48 valence electrons. The average molecular weight is 133 g/mol. The van der Waals surface area contributed by atoms with Crippen LogP contribution in [0.25, 0.3) is 0 Å². The lowest BCUT2D eigenvalue weighted by Gasteiger charge is -1.96. The van der Waals surface area contributed by atoms with Crippen LogP contribution in [-0.4, -0.2) is 18.8 Å². The van der Waals surface area contributed by atoms with Gasteiger partial charge in [-0.25, -0.2) is 0 Å². The van der Waals surface area contributed by atoms with Gasteiger partial charge in [-0.2, -0.15) is 0 Å². The summed E-state index contributed by atoms with van der Waals surface area (Å²) in [5.41, 5.74) is 5.31. The Morgan fingerprint density at radius 3 is 2.88 bits per heavy atom. The molecule has 0 aromatic heterocycles. The number of aliphatic imine (C=N–C) groups is 1. The first kappa shape index (κ1) is 7.62. The van der Waals surface area contributed by atoms with Crippen LogP contribution in [0.5, 0.6) is 0 Å². The zero-order chi connectivity index (χ0) is 6.41. The maximum atomic E-state index is 5.31. The van der Waals surface area contributed by atoms with Crippen molar-refractivity contribution in [2.45, 2.75) is 6.92 Å². The van der Waals surface area contributed by atoms with Crippen molar-refractivity contribution in [1.82, 2.24) is 4.72 Å². The summed E-state index contributed by atoms with van der Waals surface area (Å²) in [6, 6.07) is 0. The highest BCUT2D eigenvalue weighted by Crippen LogP contribution is 1.78. The monoisotopic (exact) mass is 133 g/mol. The number of nitrogens with zero attached hydrogens (tertiary/aromatic N) is 1. The first-order chi connectivity index (χ1) is 3.81. The second kappa shape index (κ2) is 4.77. The molecule has 4 heteroatoms. The van der Waals surface area contributed by atoms with Crippen molar-refractivity contribution in [2.75, 3.05) is 12.8 Å². The van der Waals surface area contributed by atoms with Crippen LogP contribution in [0, 0.1) is 0 Å². The molecule has 0 aliphatic rings. The molecule has 0 amide bonds. The van der Waals surface area contributed by atoms with Gasteiger partial charge in [0.2, 0.25) is 0 Å². The standard InChI is InChI=1S/C4H11N3S/c1-3-6-4(5)7-8-2/h3H2,1-2H3,(H3,5,6,7). The lowest BCUT2D eigenvalue weighted by Crippen LogP contribution is -2.25. The fraction of sp³-hybridized carbons (Fsp3) is 0.750. The summed E-state index contributed by atoms with van der Waals surface area (Å²) in [4.78, 5) is 3.88. The van der Waals surface area contributed by atoms with E-state index in [0.29, 0.717) is 5.96 Å². The minimum atomic E-state index is 0.500. The summed E-state index contributed by atoms with van der Waals surface area (Å²) in [6.45, 7) is 2.67. The van der Waals surface area contributed by atoms with Crippen LogP contribution in [0.15, 0.2) is 4.99 Å². The largest absolute Gasteiger partial charge is 0.369 e. The molecule has 0 spiro atoms. The molecule has 0 aliphatic heterocycles. The summed E-state index contributed by atoms with van der Waals surface area (Å²) in [5.74, 6) is 0.500. The normalized spacial score (nSPS) is 11.5. The fourth-order valence-electron chi connectivity index (χ4n) is 0.307. The highest BCUT2D eigenvalue weighted by molar-refractivity contribution is 7.97. The van der Waals surface area contributed by atoms with Crippen molar-refractivity contribution < 1.29 is 0 Å². The number of nitrogens with one attached hydrogen (secondary N) is 1. The molecule has 0 unspecified atom stereocenters. The molecule has 0 bridgehead atoms. The van der Waals surface area contributed by atoms with Crippen molar-refractivity contribution in [3.8, 4) is 0 Å². The summed E-state index contributed by atoms with van der Waals surface area (Å²) < 4.78 is 2.79. The summed E-state index contributed by atoms with van der Waals surface area (Å²) in [5, 5.41) is 0. The van der Waals surface area contributed by atoms with Gasteiger partial charge in [0.15, 0.2) is 5.96 Å². The Labute approximate surface area is 53.9 Å². The van der Waals surface area contributed by atoms with Crippen LogP contribution in [0.2, 0.25) is 0 Å². The summed E-state index contributed by atoms with van der Waals surface area (Å²) in [7, 11) is 0. The number of nitrogens with two attached hydrogens (primary N) is 1. The highest BCUT2D eigenvalue weighted by atomic mass is 32.2. The van der Waals surface area contributed by atoms with Crippen LogP contribution in [0.1, 0.15) is 6.92 Å². The number of rotatable bonds is 2. The third-order valence-corrected chi connectivity index (χ3v) is 0.948. The maximum Gasteiger partial charge on any atom is 0.198 e. The Bertz CT molecular complexity index is 81.4. The Morgan fingerprint density at radius 1 is 1.88 bits per heavy atom. The first-order valence-corrected chi connectivity index (χ1v) is 3.62. The average Bonchev–Trinajstić information content (AvgIpc) is 1.68. The van der Waals surface area contributed by atoms with Gasteiger partial charge in [-0.1, -0.05) is 11.9 Å². The Morgan fingerprint density at radius 2 is 2.50 bits per heavy atom. The van der Waals surface area contributed by atoms with Gasteiger partial charge in [-0.15, -0.1) is 0 Å². The zero-order valence-corrected chi connectivity index (χ0v) is 5.96. The van der Waals surface area contributed by atoms with Crippen molar-refractivity contribution in [3.05, 3.63) is 0 Å². The van der Waals surface area contributed by atoms with Gasteiger partial charge in [0.1, 0.15) is 0 Å². The third kappa shape index (κ3) is 3.80. The fourth-order valence-corrected chi connectivity index (χ4v) is 0.581. The molecular weight excluding hydrogens is 122 g/mol. The van der Waals surface area contributed by atoms with E-state index in [1.54, 1.807) is 0 Å². The quantitative estimate of drug-likeness (QED) is 0.321. The van der Waals surface area contributed by atoms with Gasteiger partial charge in [0.05, 0.1) is 0 Å². The van der Waals surface area contributed by atoms with Crippen LogP contribution < -0.4 is 10.5 Å². The molecule has 0 aromatic rings. The van der Waals surface area contributed by atoms with E-state index in [1.807, 2.05) is 13.2 Å². The van der Waals surface area contributed by atoms with Gasteiger partial charge < -0.3 is 10.5 Å². The van der Waals surface area contributed by atoms with Gasteiger partial charge in [-0.3, -0.25) is 4.99 Å². The van der Waals surface area contributed by atoms with Crippen molar-refractivity contribution >= 4 is 17.9 Å². The predicted molar refractivity (Wildman–Crippen MR) is 38.8 cm³/mol. The lowest BCUT2D eigenvalue weighted by atomic mass is 10.8. The summed E-state index contributed by atoms with van der Waals surface area (Å²) in [6.07, 6.45) is 1.90. The smallest absolute Gasteiger partial charge is 0.198 e. The van der Waals surface area contributed by atoms with Gasteiger partial charge in [-0.05, 0) is 6.92 Å². The van der Waals surface area contributed by atoms with Crippen molar-refractivity contribution in [2.24, 2.45) is 10.7 Å². The lowest BCUT2D eigenvalue weighted by molar-refractivity contribution is 1.10. The number of hydrogen-bond acceptors (Lipinski definition) is 2. The number of hydrogen-bond donors (Lipinski definition) is 2. The first-order valence-electron chi connectivity index (χ1n) is 2.40.